The number of hydrogen-bond acceptors (Lipinski definition) is 6. The van der Waals surface area contributed by atoms with Crippen molar-refractivity contribution in [2.45, 2.75) is 6.92 Å². The first kappa shape index (κ1) is 20.4. The van der Waals surface area contributed by atoms with Gasteiger partial charge in [0, 0.05) is 10.8 Å². The van der Waals surface area contributed by atoms with Crippen LogP contribution >= 0.6 is 11.3 Å². The van der Waals surface area contributed by atoms with Gasteiger partial charge < -0.3 is 10.1 Å². The van der Waals surface area contributed by atoms with Crippen molar-refractivity contribution in [1.29, 1.82) is 0 Å². The molecule has 2 aromatic heterocycles. The highest BCUT2D eigenvalue weighted by Gasteiger charge is 2.23. The summed E-state index contributed by atoms with van der Waals surface area (Å²) in [5, 5.41) is 8.88. The van der Waals surface area contributed by atoms with E-state index in [0.717, 1.165) is 16.0 Å². The number of thiophene rings is 1. The van der Waals surface area contributed by atoms with E-state index in [4.69, 9.17) is 4.74 Å². The maximum Gasteiger partial charge on any atom is 0.359 e. The smallest absolute Gasteiger partial charge is 0.359 e. The molecule has 4 rings (SSSR count). The van der Waals surface area contributed by atoms with Crippen LogP contribution in [0.1, 0.15) is 27.8 Å². The van der Waals surface area contributed by atoms with Gasteiger partial charge in [-0.3, -0.25) is 9.59 Å². The van der Waals surface area contributed by atoms with Crippen molar-refractivity contribution in [2.75, 3.05) is 11.9 Å². The average Bonchev–Trinajstić information content (AvgIpc) is 3.19. The van der Waals surface area contributed by atoms with Crippen molar-refractivity contribution in [3.63, 3.8) is 0 Å². The number of nitrogens with zero attached hydrogens (tertiary/aromatic N) is 2. The number of anilines is 1. The monoisotopic (exact) mass is 437 g/mol. The van der Waals surface area contributed by atoms with E-state index < -0.39 is 23.3 Å². The SMILES string of the molecule is CCOC(=O)c1nn(-c2ccccc2)c(=O)c2c(NC(=O)c3ccccc3F)scc12. The Balaban J connectivity index is 1.89. The molecule has 0 atom stereocenters. The lowest BCUT2D eigenvalue weighted by Crippen LogP contribution is -2.25. The fourth-order valence-electron chi connectivity index (χ4n) is 3.05. The number of para-hydroxylation sites is 1. The standard InChI is InChI=1S/C22H16FN3O4S/c1-2-30-22(29)18-15-12-31-20(24-19(27)14-10-6-7-11-16(14)23)17(15)21(28)26(25-18)13-8-4-3-5-9-13/h3-12H,2H2,1H3,(H,24,27). The molecule has 2 aromatic carbocycles. The maximum absolute atomic E-state index is 14.0. The third kappa shape index (κ3) is 3.82. The van der Waals surface area contributed by atoms with Crippen LogP contribution in [0.3, 0.4) is 0 Å². The van der Waals surface area contributed by atoms with Gasteiger partial charge in [0.2, 0.25) is 0 Å². The summed E-state index contributed by atoms with van der Waals surface area (Å²) < 4.78 is 20.2. The van der Waals surface area contributed by atoms with Gasteiger partial charge in [0.15, 0.2) is 5.69 Å². The van der Waals surface area contributed by atoms with Gasteiger partial charge in [-0.25, -0.2) is 9.18 Å². The van der Waals surface area contributed by atoms with Gasteiger partial charge in [-0.1, -0.05) is 30.3 Å². The van der Waals surface area contributed by atoms with Crippen LogP contribution in [0.2, 0.25) is 0 Å². The molecule has 0 spiro atoms. The van der Waals surface area contributed by atoms with Crippen LogP contribution in [-0.4, -0.2) is 28.3 Å². The Morgan fingerprint density at radius 1 is 1.13 bits per heavy atom. The summed E-state index contributed by atoms with van der Waals surface area (Å²) in [6.45, 7) is 1.80. The third-order valence-corrected chi connectivity index (χ3v) is 5.36. The van der Waals surface area contributed by atoms with E-state index in [0.29, 0.717) is 5.69 Å². The minimum Gasteiger partial charge on any atom is -0.461 e. The Labute approximate surface area is 179 Å². The number of benzene rings is 2. The number of carbonyl (C=O) groups is 2. The molecule has 0 aliphatic carbocycles. The molecule has 0 saturated heterocycles. The average molecular weight is 437 g/mol. The number of amides is 1. The van der Waals surface area contributed by atoms with Crippen LogP contribution in [-0.2, 0) is 4.74 Å². The minimum atomic E-state index is -0.706. The van der Waals surface area contributed by atoms with Crippen LogP contribution in [0.5, 0.6) is 0 Å². The first-order valence-electron chi connectivity index (χ1n) is 9.34. The van der Waals surface area contributed by atoms with E-state index in [2.05, 4.69) is 10.4 Å². The number of aromatic nitrogens is 2. The second-order valence-corrected chi connectivity index (χ2v) is 7.29. The van der Waals surface area contributed by atoms with Crippen LogP contribution in [0.15, 0.2) is 64.8 Å². The van der Waals surface area contributed by atoms with E-state index in [9.17, 15) is 18.8 Å². The Bertz CT molecular complexity index is 1350. The first-order chi connectivity index (χ1) is 15.0. The zero-order chi connectivity index (χ0) is 22.0. The fraction of sp³-hybridized carbons (Fsp3) is 0.0909. The predicted octanol–water partition coefficient (Wildman–Crippen LogP) is 4.02. The molecule has 0 saturated carbocycles. The summed E-state index contributed by atoms with van der Waals surface area (Å²) in [6.07, 6.45) is 0. The second-order valence-electron chi connectivity index (χ2n) is 6.41. The molecule has 156 valence electrons. The number of carbonyl (C=O) groups excluding carboxylic acids is 2. The highest BCUT2D eigenvalue weighted by atomic mass is 32.1. The molecule has 1 amide bonds. The minimum absolute atomic E-state index is 0.0528. The van der Waals surface area contributed by atoms with Gasteiger partial charge >= 0.3 is 5.97 Å². The Kier molecular flexibility index (Phi) is 5.59. The number of halogens is 1. The molecule has 31 heavy (non-hydrogen) atoms. The van der Waals surface area contributed by atoms with Gasteiger partial charge in [0.1, 0.15) is 10.8 Å². The Morgan fingerprint density at radius 3 is 2.55 bits per heavy atom. The van der Waals surface area contributed by atoms with Crippen LogP contribution in [0.4, 0.5) is 9.39 Å². The molecule has 0 bridgehead atoms. The van der Waals surface area contributed by atoms with E-state index in [1.54, 1.807) is 42.6 Å². The first-order valence-corrected chi connectivity index (χ1v) is 10.2. The molecular weight excluding hydrogens is 421 g/mol. The highest BCUT2D eigenvalue weighted by molar-refractivity contribution is 7.16. The molecule has 0 aliphatic rings. The topological polar surface area (TPSA) is 90.3 Å². The maximum atomic E-state index is 14.0. The summed E-state index contributed by atoms with van der Waals surface area (Å²) in [4.78, 5) is 38.4. The second kappa shape index (κ2) is 8.49. The van der Waals surface area contributed by atoms with Gasteiger partial charge in [0.25, 0.3) is 11.5 Å². The number of ether oxygens (including phenoxy) is 1. The van der Waals surface area contributed by atoms with Gasteiger partial charge in [-0.2, -0.15) is 9.78 Å². The number of nitrogens with one attached hydrogen (secondary N) is 1. The van der Waals surface area contributed by atoms with Crippen molar-refractivity contribution in [2.24, 2.45) is 0 Å². The number of rotatable bonds is 5. The summed E-state index contributed by atoms with van der Waals surface area (Å²) in [5.41, 5.74) is -0.299. The highest BCUT2D eigenvalue weighted by Crippen LogP contribution is 2.31. The Morgan fingerprint density at radius 2 is 1.84 bits per heavy atom. The van der Waals surface area contributed by atoms with E-state index in [1.807, 2.05) is 0 Å². The normalized spacial score (nSPS) is 10.8. The molecule has 0 unspecified atom stereocenters. The van der Waals surface area contributed by atoms with Gasteiger partial charge in [0.05, 0.1) is 23.2 Å². The molecule has 4 aromatic rings. The quantitative estimate of drug-likeness (QED) is 0.477. The molecule has 0 aliphatic heterocycles. The van der Waals surface area contributed by atoms with Gasteiger partial charge in [-0.05, 0) is 31.2 Å². The van der Waals surface area contributed by atoms with E-state index >= 15 is 0 Å². The van der Waals surface area contributed by atoms with Crippen molar-refractivity contribution in [3.05, 3.63) is 87.4 Å². The largest absolute Gasteiger partial charge is 0.461 e. The fourth-order valence-corrected chi connectivity index (χ4v) is 3.98. The molecular formula is C22H16FN3O4S. The molecule has 9 heteroatoms. The third-order valence-electron chi connectivity index (χ3n) is 4.47. The van der Waals surface area contributed by atoms with E-state index in [1.165, 1.54) is 24.3 Å². The van der Waals surface area contributed by atoms with Crippen molar-refractivity contribution in [1.82, 2.24) is 9.78 Å². The zero-order valence-electron chi connectivity index (χ0n) is 16.3. The summed E-state index contributed by atoms with van der Waals surface area (Å²) >= 11 is 1.04. The number of hydrogen-bond donors (Lipinski definition) is 1. The van der Waals surface area contributed by atoms with Crippen LogP contribution in [0, 0.1) is 5.82 Å². The molecule has 0 radical (unpaired) electrons. The van der Waals surface area contributed by atoms with E-state index in [-0.39, 0.29) is 33.6 Å². The summed E-state index contributed by atoms with van der Waals surface area (Å²) in [7, 11) is 0. The van der Waals surface area contributed by atoms with Crippen LogP contribution < -0.4 is 10.9 Å². The Hall–Kier alpha value is -3.85. The lowest BCUT2D eigenvalue weighted by atomic mass is 10.2. The molecule has 7 nitrogen and oxygen atoms in total. The van der Waals surface area contributed by atoms with Crippen LogP contribution in [0.25, 0.3) is 16.5 Å². The summed E-state index contributed by atoms with van der Waals surface area (Å²) in [5.74, 6) is -2.08. The predicted molar refractivity (Wildman–Crippen MR) is 116 cm³/mol. The molecule has 0 fully saturated rings. The lowest BCUT2D eigenvalue weighted by Gasteiger charge is -2.10. The molecule has 2 heterocycles. The molecule has 1 N–H and O–H groups in total. The van der Waals surface area contributed by atoms with Crippen molar-refractivity contribution >= 4 is 39.0 Å². The summed E-state index contributed by atoms with van der Waals surface area (Å²) in [6, 6.07) is 14.1. The van der Waals surface area contributed by atoms with Crippen molar-refractivity contribution in [3.8, 4) is 5.69 Å². The lowest BCUT2D eigenvalue weighted by molar-refractivity contribution is 0.0520. The zero-order valence-corrected chi connectivity index (χ0v) is 17.1. The van der Waals surface area contributed by atoms with Crippen molar-refractivity contribution < 1.29 is 18.7 Å². The van der Waals surface area contributed by atoms with Gasteiger partial charge in [-0.15, -0.1) is 11.3 Å². The number of esters is 1. The number of fused-ring (bicyclic) bond motifs is 1.